The van der Waals surface area contributed by atoms with Crippen LogP contribution in [-0.2, 0) is 11.3 Å². The highest BCUT2D eigenvalue weighted by Crippen LogP contribution is 2.21. The van der Waals surface area contributed by atoms with Crippen molar-refractivity contribution in [3.63, 3.8) is 0 Å². The lowest BCUT2D eigenvalue weighted by atomic mass is 10.1. The number of phenols is 1. The van der Waals surface area contributed by atoms with Crippen LogP contribution in [0.15, 0.2) is 18.2 Å². The third-order valence-corrected chi connectivity index (χ3v) is 3.97. The number of esters is 1. The van der Waals surface area contributed by atoms with Crippen molar-refractivity contribution in [2.45, 2.75) is 26.0 Å². The summed E-state index contributed by atoms with van der Waals surface area (Å²) in [5.74, 6) is -0.210. The first kappa shape index (κ1) is 17.7. The quantitative estimate of drug-likeness (QED) is 0.790. The van der Waals surface area contributed by atoms with Gasteiger partial charge in [0.25, 0.3) is 0 Å². The number of carbonyl (C=O) groups excluding carboxylic acids is 1. The lowest BCUT2D eigenvalue weighted by Gasteiger charge is -2.37. The monoisotopic (exact) mass is 322 g/mol. The molecule has 1 aliphatic rings. The zero-order valence-electron chi connectivity index (χ0n) is 14.1. The van der Waals surface area contributed by atoms with Crippen molar-refractivity contribution in [1.29, 1.82) is 0 Å². The summed E-state index contributed by atoms with van der Waals surface area (Å²) in [7, 11) is 1.34. The van der Waals surface area contributed by atoms with Gasteiger partial charge in [-0.2, -0.15) is 0 Å². The van der Waals surface area contributed by atoms with Gasteiger partial charge in [0.05, 0.1) is 18.3 Å². The third-order valence-electron chi connectivity index (χ3n) is 3.97. The van der Waals surface area contributed by atoms with Crippen molar-refractivity contribution in [3.8, 4) is 5.75 Å². The number of nitrogens with zero attached hydrogens (tertiary/aromatic N) is 2. The largest absolute Gasteiger partial charge is 0.508 e. The molecule has 0 unspecified atom stereocenters. The molecule has 6 nitrogen and oxygen atoms in total. The van der Waals surface area contributed by atoms with E-state index in [2.05, 4.69) is 9.80 Å². The molecular weight excluding hydrogens is 296 g/mol. The predicted octanol–water partition coefficient (Wildman–Crippen LogP) is 1.07. The van der Waals surface area contributed by atoms with Crippen molar-refractivity contribution in [3.05, 3.63) is 29.3 Å². The maximum absolute atomic E-state index is 11.6. The molecule has 1 aromatic rings. The van der Waals surface area contributed by atoms with Crippen LogP contribution in [0.4, 0.5) is 0 Å². The number of hydrogen-bond donors (Lipinski definition) is 2. The Hall–Kier alpha value is -1.63. The number of aliphatic hydroxyl groups is 1. The van der Waals surface area contributed by atoms with Crippen LogP contribution in [0.3, 0.4) is 0 Å². The normalized spacial score (nSPS) is 17.2. The lowest BCUT2D eigenvalue weighted by molar-refractivity contribution is 0.0166. The van der Waals surface area contributed by atoms with Crippen LogP contribution < -0.4 is 0 Å². The molecule has 2 rings (SSSR count). The van der Waals surface area contributed by atoms with Gasteiger partial charge in [-0.1, -0.05) is 0 Å². The van der Waals surface area contributed by atoms with Gasteiger partial charge in [-0.15, -0.1) is 0 Å². The number of β-amino-alcohol motifs (C(OH)–C–C–N with tert-alkyl or cyclic N) is 1. The molecule has 1 aliphatic heterocycles. The van der Waals surface area contributed by atoms with Crippen molar-refractivity contribution in [2.75, 3.05) is 39.8 Å². The zero-order valence-corrected chi connectivity index (χ0v) is 14.1. The molecule has 0 saturated carbocycles. The van der Waals surface area contributed by atoms with Gasteiger partial charge in [-0.05, 0) is 32.0 Å². The molecule has 1 saturated heterocycles. The van der Waals surface area contributed by atoms with Crippen molar-refractivity contribution in [2.24, 2.45) is 0 Å². The second-order valence-corrected chi connectivity index (χ2v) is 6.70. The molecule has 0 bridgehead atoms. The first-order chi connectivity index (χ1) is 10.8. The number of methoxy groups -OCH3 is 1. The summed E-state index contributed by atoms with van der Waals surface area (Å²) in [4.78, 5) is 16.1. The maximum atomic E-state index is 11.6. The molecule has 0 amide bonds. The van der Waals surface area contributed by atoms with Gasteiger partial charge in [0.2, 0.25) is 0 Å². The van der Waals surface area contributed by atoms with E-state index in [1.165, 1.54) is 13.2 Å². The molecule has 0 atom stereocenters. The minimum Gasteiger partial charge on any atom is -0.508 e. The summed E-state index contributed by atoms with van der Waals surface area (Å²) in [5, 5.41) is 19.9. The summed E-state index contributed by atoms with van der Waals surface area (Å²) in [6.45, 7) is 8.35. The summed E-state index contributed by atoms with van der Waals surface area (Å²) >= 11 is 0. The fourth-order valence-electron chi connectivity index (χ4n) is 2.85. The lowest BCUT2D eigenvalue weighted by Crippen LogP contribution is -2.50. The maximum Gasteiger partial charge on any atom is 0.337 e. The topological polar surface area (TPSA) is 73.2 Å². The molecule has 0 aromatic heterocycles. The Morgan fingerprint density at radius 1 is 1.22 bits per heavy atom. The zero-order chi connectivity index (χ0) is 17.0. The third kappa shape index (κ3) is 5.20. The molecule has 1 aromatic carbocycles. The molecule has 23 heavy (non-hydrogen) atoms. The summed E-state index contributed by atoms with van der Waals surface area (Å²) in [5.41, 5.74) is 0.486. The van der Waals surface area contributed by atoms with Crippen molar-refractivity contribution in [1.82, 2.24) is 9.80 Å². The van der Waals surface area contributed by atoms with Crippen LogP contribution in [0, 0.1) is 0 Å². The Kier molecular flexibility index (Phi) is 5.62. The van der Waals surface area contributed by atoms with Crippen LogP contribution in [0.25, 0.3) is 0 Å². The highest BCUT2D eigenvalue weighted by atomic mass is 16.5. The number of hydrogen-bond acceptors (Lipinski definition) is 6. The van der Waals surface area contributed by atoms with E-state index in [1.807, 2.05) is 13.8 Å². The summed E-state index contributed by atoms with van der Waals surface area (Å²) < 4.78 is 4.72. The number of ether oxygens (including phenoxy) is 1. The summed E-state index contributed by atoms with van der Waals surface area (Å²) in [6.07, 6.45) is 0. The Bertz CT molecular complexity index is 546. The van der Waals surface area contributed by atoms with E-state index in [0.717, 1.165) is 31.7 Å². The van der Waals surface area contributed by atoms with Gasteiger partial charge in [0.15, 0.2) is 0 Å². The van der Waals surface area contributed by atoms with Gasteiger partial charge in [-0.25, -0.2) is 4.79 Å². The Labute approximate surface area is 137 Å². The number of benzene rings is 1. The van der Waals surface area contributed by atoms with Gasteiger partial charge in [0, 0.05) is 44.8 Å². The van der Waals surface area contributed by atoms with E-state index in [-0.39, 0.29) is 5.75 Å². The molecule has 128 valence electrons. The fraction of sp³-hybridized carbons (Fsp3) is 0.588. The van der Waals surface area contributed by atoms with Gasteiger partial charge in [-0.3, -0.25) is 9.80 Å². The highest BCUT2D eigenvalue weighted by Gasteiger charge is 2.23. The molecule has 0 spiro atoms. The number of piperazine rings is 1. The Balaban J connectivity index is 1.95. The van der Waals surface area contributed by atoms with E-state index < -0.39 is 11.6 Å². The van der Waals surface area contributed by atoms with Crippen LogP contribution in [0.5, 0.6) is 5.75 Å². The minimum absolute atomic E-state index is 0.191. The van der Waals surface area contributed by atoms with Crippen LogP contribution >= 0.6 is 0 Å². The van der Waals surface area contributed by atoms with E-state index >= 15 is 0 Å². The molecular formula is C17H26N2O4. The first-order valence-electron chi connectivity index (χ1n) is 7.86. The highest BCUT2D eigenvalue weighted by molar-refractivity contribution is 5.89. The second kappa shape index (κ2) is 7.29. The molecule has 0 radical (unpaired) electrons. The predicted molar refractivity (Wildman–Crippen MR) is 87.5 cm³/mol. The SMILES string of the molecule is COC(=O)c1ccc(O)c(CN2CCN(CC(C)(C)O)CC2)c1. The molecule has 1 heterocycles. The number of rotatable bonds is 5. The van der Waals surface area contributed by atoms with Crippen LogP contribution in [0.2, 0.25) is 0 Å². The minimum atomic E-state index is -0.685. The van der Waals surface area contributed by atoms with E-state index in [4.69, 9.17) is 4.74 Å². The molecule has 0 aliphatic carbocycles. The van der Waals surface area contributed by atoms with Gasteiger partial charge in [0.1, 0.15) is 5.75 Å². The van der Waals surface area contributed by atoms with Gasteiger partial charge >= 0.3 is 5.97 Å². The first-order valence-corrected chi connectivity index (χ1v) is 7.86. The number of phenolic OH excluding ortho intramolecular Hbond substituents is 1. The van der Waals surface area contributed by atoms with Crippen molar-refractivity contribution >= 4 is 5.97 Å². The number of carbonyl (C=O) groups is 1. The average molecular weight is 322 g/mol. The average Bonchev–Trinajstić information content (AvgIpc) is 2.49. The molecule has 6 heteroatoms. The number of aromatic hydroxyl groups is 1. The molecule has 1 fully saturated rings. The van der Waals surface area contributed by atoms with Crippen molar-refractivity contribution < 1.29 is 19.7 Å². The van der Waals surface area contributed by atoms with E-state index in [1.54, 1.807) is 12.1 Å². The molecule has 2 N–H and O–H groups in total. The fourth-order valence-corrected chi connectivity index (χ4v) is 2.85. The van der Waals surface area contributed by atoms with E-state index in [0.29, 0.717) is 18.7 Å². The summed E-state index contributed by atoms with van der Waals surface area (Å²) in [6, 6.07) is 4.78. The van der Waals surface area contributed by atoms with Gasteiger partial charge < -0.3 is 14.9 Å². The van der Waals surface area contributed by atoms with Crippen LogP contribution in [0.1, 0.15) is 29.8 Å². The second-order valence-electron chi connectivity index (χ2n) is 6.70. The van der Waals surface area contributed by atoms with Crippen LogP contribution in [-0.4, -0.2) is 71.4 Å². The smallest absolute Gasteiger partial charge is 0.337 e. The Morgan fingerprint density at radius 2 is 1.83 bits per heavy atom. The standard InChI is InChI=1S/C17H26N2O4/c1-17(2,22)12-19-8-6-18(7-9-19)11-14-10-13(16(21)23-3)4-5-15(14)20/h4-5,10,20,22H,6-9,11-12H2,1-3H3. The Morgan fingerprint density at radius 3 is 2.39 bits per heavy atom. The van der Waals surface area contributed by atoms with E-state index in [9.17, 15) is 15.0 Å².